The molecule has 0 heterocycles. The maximum atomic E-state index is 10.7. The van der Waals surface area contributed by atoms with Gasteiger partial charge in [0.15, 0.2) is 0 Å². The Morgan fingerprint density at radius 2 is 1.89 bits per heavy atom. The van der Waals surface area contributed by atoms with Gasteiger partial charge in [0, 0.05) is 4.90 Å². The molecule has 1 aromatic rings. The minimum absolute atomic E-state index is 0.899. The number of carbonyl (C=O) groups excluding carboxylic acids is 1. The summed E-state index contributed by atoms with van der Waals surface area (Å²) in [7, 11) is 0. The van der Waals surface area contributed by atoms with Crippen LogP contribution in [0.3, 0.4) is 0 Å². The SMILES string of the molecule is CCCCCC/C(=C/C=O)Sc1ccc(C)cc1. The number of aldehydes is 1. The molecule has 0 aliphatic rings. The highest BCUT2D eigenvalue weighted by Gasteiger charge is 2.01. The van der Waals surface area contributed by atoms with Crippen molar-refractivity contribution in [2.45, 2.75) is 50.8 Å². The second-order valence-corrected chi connectivity index (χ2v) is 5.69. The molecule has 1 aromatic carbocycles. The Kier molecular flexibility index (Phi) is 7.51. The molecule has 0 aromatic heterocycles. The van der Waals surface area contributed by atoms with Crippen molar-refractivity contribution >= 4 is 18.0 Å². The van der Waals surface area contributed by atoms with Crippen molar-refractivity contribution in [2.24, 2.45) is 0 Å². The highest BCUT2D eigenvalue weighted by molar-refractivity contribution is 8.03. The molecular weight excluding hydrogens is 240 g/mol. The molecule has 0 bridgehead atoms. The van der Waals surface area contributed by atoms with Crippen molar-refractivity contribution in [3.05, 3.63) is 40.8 Å². The molecule has 0 atom stereocenters. The molecular formula is C16H22OS. The lowest BCUT2D eigenvalue weighted by molar-refractivity contribution is -0.104. The lowest BCUT2D eigenvalue weighted by Crippen LogP contribution is -1.83. The summed E-state index contributed by atoms with van der Waals surface area (Å²) in [5.41, 5.74) is 1.27. The molecule has 0 saturated carbocycles. The first-order chi connectivity index (χ1) is 8.76. The fourth-order valence-corrected chi connectivity index (χ4v) is 2.67. The van der Waals surface area contributed by atoms with Gasteiger partial charge in [-0.1, -0.05) is 55.6 Å². The Bertz CT molecular complexity index is 379. The predicted molar refractivity (Wildman–Crippen MR) is 79.9 cm³/mol. The number of aryl methyl sites for hydroxylation is 1. The number of rotatable bonds is 8. The Hall–Kier alpha value is -1.02. The van der Waals surface area contributed by atoms with Gasteiger partial charge in [0.2, 0.25) is 0 Å². The molecule has 0 unspecified atom stereocenters. The standard InChI is InChI=1S/C16H22OS/c1-3-4-5-6-7-15(12-13-17)18-16-10-8-14(2)9-11-16/h8-13H,3-7H2,1-2H3/b15-12-. The molecule has 98 valence electrons. The predicted octanol–water partition coefficient (Wildman–Crippen LogP) is 5.14. The number of hydrogen-bond acceptors (Lipinski definition) is 2. The van der Waals surface area contributed by atoms with Gasteiger partial charge in [-0.25, -0.2) is 0 Å². The fraction of sp³-hybridized carbons (Fsp3) is 0.438. The Morgan fingerprint density at radius 1 is 1.17 bits per heavy atom. The van der Waals surface area contributed by atoms with Crippen molar-refractivity contribution in [1.82, 2.24) is 0 Å². The number of thioether (sulfide) groups is 1. The third-order valence-corrected chi connectivity index (χ3v) is 3.91. The molecule has 0 aliphatic heterocycles. The van der Waals surface area contributed by atoms with Gasteiger partial charge in [0.1, 0.15) is 6.29 Å². The van der Waals surface area contributed by atoms with E-state index in [2.05, 4.69) is 38.1 Å². The maximum Gasteiger partial charge on any atom is 0.143 e. The van der Waals surface area contributed by atoms with Gasteiger partial charge in [-0.2, -0.15) is 0 Å². The first kappa shape index (κ1) is 15.0. The normalized spacial score (nSPS) is 11.6. The van der Waals surface area contributed by atoms with Crippen LogP contribution < -0.4 is 0 Å². The highest BCUT2D eigenvalue weighted by atomic mass is 32.2. The highest BCUT2D eigenvalue weighted by Crippen LogP contribution is 2.30. The molecule has 0 N–H and O–H groups in total. The van der Waals surface area contributed by atoms with Crippen LogP contribution in [0.2, 0.25) is 0 Å². The zero-order valence-corrected chi connectivity index (χ0v) is 12.1. The smallest absolute Gasteiger partial charge is 0.143 e. The molecule has 0 aliphatic carbocycles. The minimum atomic E-state index is 0.899. The molecule has 0 fully saturated rings. The summed E-state index contributed by atoms with van der Waals surface area (Å²) >= 11 is 1.71. The number of benzene rings is 1. The summed E-state index contributed by atoms with van der Waals surface area (Å²) in [6, 6.07) is 8.45. The second kappa shape index (κ2) is 8.98. The lowest BCUT2D eigenvalue weighted by atomic mass is 10.1. The maximum absolute atomic E-state index is 10.7. The van der Waals surface area contributed by atoms with Gasteiger partial charge < -0.3 is 0 Å². The van der Waals surface area contributed by atoms with Gasteiger partial charge in [-0.3, -0.25) is 4.79 Å². The van der Waals surface area contributed by atoms with Crippen LogP contribution in [0.15, 0.2) is 40.1 Å². The fourth-order valence-electron chi connectivity index (χ4n) is 1.73. The molecule has 0 radical (unpaired) electrons. The van der Waals surface area contributed by atoms with Crippen molar-refractivity contribution in [3.8, 4) is 0 Å². The molecule has 0 amide bonds. The number of allylic oxidation sites excluding steroid dienone is 2. The first-order valence-corrected chi connectivity index (χ1v) is 7.46. The van der Waals surface area contributed by atoms with E-state index in [1.807, 2.05) is 0 Å². The average Bonchev–Trinajstić information content (AvgIpc) is 2.37. The van der Waals surface area contributed by atoms with E-state index >= 15 is 0 Å². The summed E-state index contributed by atoms with van der Waals surface area (Å²) in [5.74, 6) is 0. The summed E-state index contributed by atoms with van der Waals surface area (Å²) < 4.78 is 0. The summed E-state index contributed by atoms with van der Waals surface area (Å²) in [6.07, 6.45) is 8.57. The van der Waals surface area contributed by atoms with Crippen molar-refractivity contribution in [1.29, 1.82) is 0 Å². The average molecular weight is 262 g/mol. The van der Waals surface area contributed by atoms with Crippen molar-refractivity contribution in [3.63, 3.8) is 0 Å². The number of unbranched alkanes of at least 4 members (excludes halogenated alkanes) is 3. The molecule has 0 saturated heterocycles. The molecule has 1 nitrogen and oxygen atoms in total. The van der Waals surface area contributed by atoms with Crippen LogP contribution in [-0.2, 0) is 4.79 Å². The van der Waals surface area contributed by atoms with Gasteiger partial charge in [0.25, 0.3) is 0 Å². The monoisotopic (exact) mass is 262 g/mol. The lowest BCUT2D eigenvalue weighted by Gasteiger charge is -2.06. The Morgan fingerprint density at radius 3 is 2.50 bits per heavy atom. The van der Waals surface area contributed by atoms with Crippen LogP contribution in [0, 0.1) is 6.92 Å². The topological polar surface area (TPSA) is 17.1 Å². The largest absolute Gasteiger partial charge is 0.299 e. The molecule has 2 heteroatoms. The van der Waals surface area contributed by atoms with E-state index in [0.29, 0.717) is 0 Å². The number of hydrogen-bond donors (Lipinski definition) is 0. The van der Waals surface area contributed by atoms with Crippen LogP contribution in [0.5, 0.6) is 0 Å². The van der Waals surface area contributed by atoms with Gasteiger partial charge in [-0.15, -0.1) is 0 Å². The Balaban J connectivity index is 2.50. The first-order valence-electron chi connectivity index (χ1n) is 6.65. The molecule has 0 spiro atoms. The van der Waals surface area contributed by atoms with Gasteiger partial charge >= 0.3 is 0 Å². The summed E-state index contributed by atoms with van der Waals surface area (Å²) in [5, 5.41) is 0. The van der Waals surface area contributed by atoms with E-state index in [-0.39, 0.29) is 0 Å². The van der Waals surface area contributed by atoms with Gasteiger partial charge in [0.05, 0.1) is 0 Å². The van der Waals surface area contributed by atoms with Crippen LogP contribution in [0.4, 0.5) is 0 Å². The Labute approximate surface area is 115 Å². The third kappa shape index (κ3) is 6.06. The third-order valence-electron chi connectivity index (χ3n) is 2.80. The van der Waals surface area contributed by atoms with Gasteiger partial charge in [-0.05, 0) is 42.9 Å². The van der Waals surface area contributed by atoms with Crippen molar-refractivity contribution in [2.75, 3.05) is 0 Å². The van der Waals surface area contributed by atoms with Crippen molar-refractivity contribution < 1.29 is 4.79 Å². The summed E-state index contributed by atoms with van der Waals surface area (Å²) in [6.45, 7) is 4.30. The molecule has 18 heavy (non-hydrogen) atoms. The minimum Gasteiger partial charge on any atom is -0.299 e. The zero-order chi connectivity index (χ0) is 13.2. The van der Waals surface area contributed by atoms with E-state index < -0.39 is 0 Å². The van der Waals surface area contributed by atoms with Crippen LogP contribution in [-0.4, -0.2) is 6.29 Å². The second-order valence-electron chi connectivity index (χ2n) is 4.49. The summed E-state index contributed by atoms with van der Waals surface area (Å²) in [4.78, 5) is 13.0. The van der Waals surface area contributed by atoms with Crippen LogP contribution in [0.25, 0.3) is 0 Å². The van der Waals surface area contributed by atoms with Crippen LogP contribution in [0.1, 0.15) is 44.6 Å². The molecule has 1 rings (SSSR count). The zero-order valence-electron chi connectivity index (χ0n) is 11.3. The van der Waals surface area contributed by atoms with E-state index in [4.69, 9.17) is 0 Å². The quantitative estimate of drug-likeness (QED) is 0.279. The van der Waals surface area contributed by atoms with E-state index in [1.54, 1.807) is 17.8 Å². The number of carbonyl (C=O) groups is 1. The van der Waals surface area contributed by atoms with E-state index in [1.165, 1.54) is 41.0 Å². The van der Waals surface area contributed by atoms with Crippen LogP contribution >= 0.6 is 11.8 Å². The van der Waals surface area contributed by atoms with E-state index in [0.717, 1.165) is 12.7 Å². The van der Waals surface area contributed by atoms with E-state index in [9.17, 15) is 4.79 Å².